The molecule has 216 valence electrons. The average Bonchev–Trinajstić information content (AvgIpc) is 3.12. The van der Waals surface area contributed by atoms with Gasteiger partial charge in [-0.15, -0.1) is 0 Å². The van der Waals surface area contributed by atoms with Crippen molar-refractivity contribution in [2.45, 2.75) is 90.5 Å². The molecule has 1 aromatic carbocycles. The molecule has 2 heterocycles. The predicted molar refractivity (Wildman–Crippen MR) is 136 cm³/mol. The van der Waals surface area contributed by atoms with E-state index in [0.29, 0.717) is 17.6 Å². The van der Waals surface area contributed by atoms with Gasteiger partial charge in [0.05, 0.1) is 0 Å². The van der Waals surface area contributed by atoms with Crippen LogP contribution in [0.1, 0.15) is 58.1 Å². The molecule has 0 spiro atoms. The van der Waals surface area contributed by atoms with Crippen LogP contribution in [-0.2, 0) is 55.7 Å². The Morgan fingerprint density at radius 1 is 0.800 bits per heavy atom. The van der Waals surface area contributed by atoms with Gasteiger partial charge in [-0.25, -0.2) is 4.79 Å². The zero-order valence-electron chi connectivity index (χ0n) is 22.8. The molecule has 1 aliphatic carbocycles. The third kappa shape index (κ3) is 6.79. The van der Waals surface area contributed by atoms with Gasteiger partial charge in [0, 0.05) is 44.7 Å². The first-order valence-corrected chi connectivity index (χ1v) is 13.1. The summed E-state index contributed by atoms with van der Waals surface area (Å²) in [4.78, 5) is 60.2. The molecule has 0 saturated carbocycles. The Bertz CT molecular complexity index is 1340. The number of rotatable bonds is 7. The SMILES string of the molecule is CC(=O)OC[C@H]1O[C@H](Oc2ccc3c4c(c(=O)oc3c2)CCCCC4)[C@H](OC(C)=O)[C@@H](OC(C)=O)[C@@H]1OC(C)=O. The van der Waals surface area contributed by atoms with E-state index in [0.717, 1.165) is 57.4 Å². The summed E-state index contributed by atoms with van der Waals surface area (Å²) in [6, 6.07) is 4.96. The number of fused-ring (bicyclic) bond motifs is 3. The highest BCUT2D eigenvalue weighted by atomic mass is 16.7. The van der Waals surface area contributed by atoms with Gasteiger partial charge in [-0.3, -0.25) is 19.2 Å². The van der Waals surface area contributed by atoms with Gasteiger partial charge in [0.15, 0.2) is 12.2 Å². The minimum atomic E-state index is -1.40. The van der Waals surface area contributed by atoms with Crippen LogP contribution in [0.4, 0.5) is 0 Å². The van der Waals surface area contributed by atoms with Gasteiger partial charge in [0.2, 0.25) is 12.4 Å². The molecule has 2 aliphatic rings. The van der Waals surface area contributed by atoms with Crippen molar-refractivity contribution in [3.05, 3.63) is 39.7 Å². The maximum absolute atomic E-state index is 12.7. The minimum Gasteiger partial charge on any atom is -0.463 e. The van der Waals surface area contributed by atoms with Crippen molar-refractivity contribution in [3.8, 4) is 5.75 Å². The van der Waals surface area contributed by atoms with E-state index >= 15 is 0 Å². The average molecular weight is 561 g/mol. The van der Waals surface area contributed by atoms with Crippen molar-refractivity contribution in [1.29, 1.82) is 0 Å². The number of carbonyl (C=O) groups is 4. The topological polar surface area (TPSA) is 154 Å². The van der Waals surface area contributed by atoms with Crippen LogP contribution in [0, 0.1) is 0 Å². The Hall–Kier alpha value is -3.93. The van der Waals surface area contributed by atoms with Gasteiger partial charge >= 0.3 is 29.5 Å². The fourth-order valence-electron chi connectivity index (χ4n) is 5.09. The molecule has 1 aliphatic heterocycles. The maximum atomic E-state index is 12.7. The number of benzene rings is 1. The lowest BCUT2D eigenvalue weighted by atomic mass is 9.98. The van der Waals surface area contributed by atoms with Crippen LogP contribution in [0.5, 0.6) is 5.75 Å². The quantitative estimate of drug-likeness (QED) is 0.212. The normalized spacial score (nSPS) is 24.2. The highest BCUT2D eigenvalue weighted by Gasteiger charge is 2.53. The fraction of sp³-hybridized carbons (Fsp3) is 0.536. The molecule has 0 amide bonds. The first-order chi connectivity index (χ1) is 19.0. The largest absolute Gasteiger partial charge is 0.463 e. The van der Waals surface area contributed by atoms with Gasteiger partial charge in [0.1, 0.15) is 24.0 Å². The third-order valence-corrected chi connectivity index (χ3v) is 6.65. The Balaban J connectivity index is 1.72. The lowest BCUT2D eigenvalue weighted by Gasteiger charge is -2.43. The molecule has 0 N–H and O–H groups in total. The van der Waals surface area contributed by atoms with E-state index in [4.69, 9.17) is 32.8 Å². The first-order valence-electron chi connectivity index (χ1n) is 13.1. The number of ether oxygens (including phenoxy) is 6. The number of hydrogen-bond acceptors (Lipinski definition) is 12. The van der Waals surface area contributed by atoms with Gasteiger partial charge < -0.3 is 32.8 Å². The van der Waals surface area contributed by atoms with Crippen molar-refractivity contribution < 1.29 is 52.0 Å². The minimum absolute atomic E-state index is 0.199. The first kappa shape index (κ1) is 29.1. The van der Waals surface area contributed by atoms with E-state index in [1.807, 2.05) is 0 Å². The molecule has 0 bridgehead atoms. The summed E-state index contributed by atoms with van der Waals surface area (Å²) in [7, 11) is 0. The molecule has 0 unspecified atom stereocenters. The summed E-state index contributed by atoms with van der Waals surface area (Å²) in [6.07, 6.45) is -2.24. The van der Waals surface area contributed by atoms with E-state index in [1.54, 1.807) is 12.1 Å². The zero-order valence-corrected chi connectivity index (χ0v) is 22.8. The number of hydrogen-bond donors (Lipinski definition) is 0. The summed E-state index contributed by atoms with van der Waals surface area (Å²) in [6.45, 7) is 4.23. The third-order valence-electron chi connectivity index (χ3n) is 6.65. The summed E-state index contributed by atoms with van der Waals surface area (Å²) < 4.78 is 39.0. The predicted octanol–water partition coefficient (Wildman–Crippen LogP) is 2.52. The van der Waals surface area contributed by atoms with E-state index in [-0.39, 0.29) is 12.4 Å². The lowest BCUT2D eigenvalue weighted by molar-refractivity contribution is -0.288. The van der Waals surface area contributed by atoms with E-state index < -0.39 is 60.2 Å². The molecule has 4 rings (SSSR count). The second kappa shape index (κ2) is 12.5. The Labute approximate surface area is 229 Å². The Kier molecular flexibility index (Phi) is 9.08. The van der Waals surface area contributed by atoms with Crippen molar-refractivity contribution >= 4 is 34.8 Å². The van der Waals surface area contributed by atoms with Crippen LogP contribution in [0.2, 0.25) is 0 Å². The molecular formula is C28H32O12. The van der Waals surface area contributed by atoms with Crippen LogP contribution in [0.3, 0.4) is 0 Å². The van der Waals surface area contributed by atoms with E-state index in [2.05, 4.69) is 0 Å². The molecule has 1 saturated heterocycles. The standard InChI is InChI=1S/C28H32O12/c1-14(29)34-13-23-24(35-15(2)30)25(36-16(3)31)26(37-17(4)32)28(40-23)38-18-10-11-20-19-8-6-5-7-9-21(19)27(33)39-22(20)12-18/h10-12,23-26,28H,5-9,13H2,1-4H3/t23-,24-,25+,26-,28+/m1/s1. The Morgan fingerprint density at radius 2 is 1.43 bits per heavy atom. The molecule has 12 nitrogen and oxygen atoms in total. The Morgan fingerprint density at radius 3 is 2.08 bits per heavy atom. The summed E-state index contributed by atoms with van der Waals surface area (Å²) >= 11 is 0. The van der Waals surface area contributed by atoms with Gasteiger partial charge in [-0.2, -0.15) is 0 Å². The summed E-state index contributed by atoms with van der Waals surface area (Å²) in [5.74, 6) is -2.66. The number of aryl methyl sites for hydroxylation is 1. The van der Waals surface area contributed by atoms with Crippen molar-refractivity contribution in [3.63, 3.8) is 0 Å². The van der Waals surface area contributed by atoms with Crippen molar-refractivity contribution in [2.24, 2.45) is 0 Å². The molecule has 2 aromatic rings. The second-order valence-corrected chi connectivity index (χ2v) is 9.75. The van der Waals surface area contributed by atoms with Crippen molar-refractivity contribution in [1.82, 2.24) is 0 Å². The number of carbonyl (C=O) groups excluding carboxylic acids is 4. The fourth-order valence-corrected chi connectivity index (χ4v) is 5.09. The highest BCUT2D eigenvalue weighted by Crippen LogP contribution is 2.33. The molecule has 1 aromatic heterocycles. The molecular weight excluding hydrogens is 528 g/mol. The molecule has 5 atom stereocenters. The van der Waals surface area contributed by atoms with Crippen molar-refractivity contribution in [2.75, 3.05) is 6.61 Å². The van der Waals surface area contributed by atoms with Gasteiger partial charge in [-0.05, 0) is 43.4 Å². The molecule has 12 heteroatoms. The molecule has 0 radical (unpaired) electrons. The highest BCUT2D eigenvalue weighted by molar-refractivity contribution is 5.82. The van der Waals surface area contributed by atoms with E-state index in [1.165, 1.54) is 13.0 Å². The van der Waals surface area contributed by atoms with Gasteiger partial charge in [-0.1, -0.05) is 6.42 Å². The van der Waals surface area contributed by atoms with Crippen LogP contribution in [-0.4, -0.2) is 61.2 Å². The zero-order chi connectivity index (χ0) is 29.0. The van der Waals surface area contributed by atoms with E-state index in [9.17, 15) is 24.0 Å². The van der Waals surface area contributed by atoms with Crippen LogP contribution < -0.4 is 10.4 Å². The van der Waals surface area contributed by atoms with Crippen LogP contribution in [0.25, 0.3) is 11.0 Å². The smallest absolute Gasteiger partial charge is 0.339 e. The lowest BCUT2D eigenvalue weighted by Crippen LogP contribution is -2.63. The second-order valence-electron chi connectivity index (χ2n) is 9.75. The van der Waals surface area contributed by atoms with Crippen LogP contribution >= 0.6 is 0 Å². The molecule has 40 heavy (non-hydrogen) atoms. The van der Waals surface area contributed by atoms with Gasteiger partial charge in [0.25, 0.3) is 0 Å². The monoisotopic (exact) mass is 560 g/mol. The number of esters is 4. The summed E-state index contributed by atoms with van der Waals surface area (Å²) in [5, 5.41) is 0.797. The molecule has 1 fully saturated rings. The summed E-state index contributed by atoms with van der Waals surface area (Å²) in [5.41, 5.74) is 1.57. The van der Waals surface area contributed by atoms with Crippen LogP contribution in [0.15, 0.2) is 27.4 Å². The maximum Gasteiger partial charge on any atom is 0.339 e.